The summed E-state index contributed by atoms with van der Waals surface area (Å²) in [5, 5.41) is 22.3. The van der Waals surface area contributed by atoms with Gasteiger partial charge in [0.05, 0.1) is 9.40 Å². The van der Waals surface area contributed by atoms with E-state index in [-0.39, 0.29) is 10.3 Å². The summed E-state index contributed by atoms with van der Waals surface area (Å²) in [4.78, 5) is 24.6. The van der Waals surface area contributed by atoms with Gasteiger partial charge in [0.1, 0.15) is 23.4 Å². The Labute approximate surface area is 125 Å². The summed E-state index contributed by atoms with van der Waals surface area (Å²) in [6, 6.07) is 5.19. The van der Waals surface area contributed by atoms with Gasteiger partial charge in [-0.25, -0.2) is 14.2 Å². The number of nitrogens with zero attached hydrogens (tertiary/aromatic N) is 2. The lowest BCUT2D eigenvalue weighted by Gasteiger charge is -2.07. The van der Waals surface area contributed by atoms with Gasteiger partial charge in [0.25, 0.3) is 0 Å². The van der Waals surface area contributed by atoms with Crippen LogP contribution in [-0.2, 0) is 0 Å². The van der Waals surface area contributed by atoms with Crippen molar-refractivity contribution in [2.24, 2.45) is 0 Å². The summed E-state index contributed by atoms with van der Waals surface area (Å²) in [5.41, 5.74) is -0.793. The van der Waals surface area contributed by atoms with Crippen LogP contribution in [-0.4, -0.2) is 21.0 Å². The van der Waals surface area contributed by atoms with E-state index in [1.54, 1.807) is 0 Å². The van der Waals surface area contributed by atoms with E-state index in [4.69, 9.17) is 5.11 Å². The largest absolute Gasteiger partial charge is 0.477 e. The van der Waals surface area contributed by atoms with Gasteiger partial charge in [-0.15, -0.1) is 0 Å². The topological polar surface area (TPSA) is 105 Å². The second-order valence-electron chi connectivity index (χ2n) is 3.90. The van der Waals surface area contributed by atoms with E-state index in [1.807, 2.05) is 0 Å². The first-order valence-electron chi connectivity index (χ1n) is 5.48. The highest BCUT2D eigenvalue weighted by atomic mass is 79.9. The number of hydrogen-bond acceptors (Lipinski definition) is 5. The third-order valence-corrected chi connectivity index (χ3v) is 3.15. The molecule has 0 aliphatic heterocycles. The number of carboxylic acids is 1. The average molecular weight is 356 g/mol. The van der Waals surface area contributed by atoms with Crippen LogP contribution >= 0.6 is 15.9 Å². The van der Waals surface area contributed by atoms with Crippen LogP contribution in [0.1, 0.15) is 10.4 Å². The third kappa shape index (κ3) is 3.31. The second kappa shape index (κ2) is 5.83. The summed E-state index contributed by atoms with van der Waals surface area (Å²) in [6.45, 7) is 0. The van der Waals surface area contributed by atoms with Crippen LogP contribution < -0.4 is 5.32 Å². The maximum atomic E-state index is 13.4. The van der Waals surface area contributed by atoms with E-state index < -0.39 is 28.0 Å². The van der Waals surface area contributed by atoms with Crippen molar-refractivity contribution in [2.45, 2.75) is 0 Å². The Kier molecular flexibility index (Phi) is 4.13. The molecule has 1 aromatic heterocycles. The van der Waals surface area contributed by atoms with Gasteiger partial charge in [-0.1, -0.05) is 0 Å². The summed E-state index contributed by atoms with van der Waals surface area (Å²) < 4.78 is 13.6. The number of aromatic carboxylic acids is 1. The van der Waals surface area contributed by atoms with Crippen molar-refractivity contribution in [3.63, 3.8) is 0 Å². The van der Waals surface area contributed by atoms with Gasteiger partial charge in [-0.3, -0.25) is 10.1 Å². The van der Waals surface area contributed by atoms with Crippen LogP contribution in [0.3, 0.4) is 0 Å². The fourth-order valence-electron chi connectivity index (χ4n) is 1.56. The highest BCUT2D eigenvalue weighted by molar-refractivity contribution is 9.10. The summed E-state index contributed by atoms with van der Waals surface area (Å²) >= 11 is 3.00. The number of nitro groups is 1. The molecule has 2 N–H and O–H groups in total. The highest BCUT2D eigenvalue weighted by Gasteiger charge is 2.21. The number of halogens is 2. The number of anilines is 2. The minimum absolute atomic E-state index is 0.0553. The Morgan fingerprint density at radius 1 is 1.43 bits per heavy atom. The van der Waals surface area contributed by atoms with Crippen molar-refractivity contribution in [3.8, 4) is 0 Å². The van der Waals surface area contributed by atoms with Crippen molar-refractivity contribution in [1.29, 1.82) is 0 Å². The lowest BCUT2D eigenvalue weighted by Crippen LogP contribution is -2.05. The van der Waals surface area contributed by atoms with E-state index in [2.05, 4.69) is 26.2 Å². The second-order valence-corrected chi connectivity index (χ2v) is 4.76. The molecule has 0 radical (unpaired) electrons. The normalized spacial score (nSPS) is 10.2. The molecule has 1 heterocycles. The molecular weight excluding hydrogens is 349 g/mol. The number of rotatable bonds is 4. The molecule has 0 aliphatic rings. The van der Waals surface area contributed by atoms with Crippen molar-refractivity contribution < 1.29 is 19.2 Å². The van der Waals surface area contributed by atoms with Crippen LogP contribution in [0.25, 0.3) is 0 Å². The standard InChI is InChI=1S/C12H7BrFN3O4/c13-8-2-1-6(3-9(8)14)16-11-4-7(12(18)19)10(5-15-11)17(20)21/h1-5H,(H,15,16)(H,18,19). The van der Waals surface area contributed by atoms with E-state index in [1.165, 1.54) is 18.2 Å². The molecule has 108 valence electrons. The molecule has 0 spiro atoms. The van der Waals surface area contributed by atoms with Crippen LogP contribution in [0.2, 0.25) is 0 Å². The minimum Gasteiger partial charge on any atom is -0.477 e. The molecule has 0 saturated carbocycles. The maximum Gasteiger partial charge on any atom is 0.342 e. The van der Waals surface area contributed by atoms with Gasteiger partial charge in [-0.2, -0.15) is 0 Å². The number of nitrogens with one attached hydrogen (secondary N) is 1. The van der Waals surface area contributed by atoms with Gasteiger partial charge < -0.3 is 10.4 Å². The summed E-state index contributed by atoms with van der Waals surface area (Å²) in [5.74, 6) is -1.91. The number of pyridine rings is 1. The Morgan fingerprint density at radius 3 is 2.71 bits per heavy atom. The van der Waals surface area contributed by atoms with E-state index in [9.17, 15) is 19.3 Å². The number of carboxylic acid groups (broad SMARTS) is 1. The van der Waals surface area contributed by atoms with Gasteiger partial charge in [-0.05, 0) is 34.1 Å². The molecule has 0 bridgehead atoms. The average Bonchev–Trinajstić information content (AvgIpc) is 2.42. The molecule has 21 heavy (non-hydrogen) atoms. The predicted molar refractivity (Wildman–Crippen MR) is 75.2 cm³/mol. The summed E-state index contributed by atoms with van der Waals surface area (Å²) in [6.07, 6.45) is 0.834. The van der Waals surface area contributed by atoms with E-state index >= 15 is 0 Å². The zero-order chi connectivity index (χ0) is 15.6. The minimum atomic E-state index is -1.45. The Hall–Kier alpha value is -2.55. The van der Waals surface area contributed by atoms with Gasteiger partial charge >= 0.3 is 11.7 Å². The summed E-state index contributed by atoms with van der Waals surface area (Å²) in [7, 11) is 0. The number of benzene rings is 1. The van der Waals surface area contributed by atoms with Gasteiger partial charge in [0.2, 0.25) is 0 Å². The SMILES string of the molecule is O=C(O)c1cc(Nc2ccc(Br)c(F)c2)ncc1[N+](=O)[O-]. The third-order valence-electron chi connectivity index (χ3n) is 2.50. The fraction of sp³-hybridized carbons (Fsp3) is 0. The quantitative estimate of drug-likeness (QED) is 0.643. The number of hydrogen-bond donors (Lipinski definition) is 2. The van der Waals surface area contributed by atoms with Crippen LogP contribution in [0.4, 0.5) is 21.6 Å². The van der Waals surface area contributed by atoms with Crippen molar-refractivity contribution in [1.82, 2.24) is 4.98 Å². The molecule has 7 nitrogen and oxygen atoms in total. The van der Waals surface area contributed by atoms with Gasteiger partial charge in [0.15, 0.2) is 0 Å². The molecule has 0 saturated heterocycles. The lowest BCUT2D eigenvalue weighted by molar-refractivity contribution is -0.385. The van der Waals surface area contributed by atoms with Gasteiger partial charge in [0, 0.05) is 11.8 Å². The van der Waals surface area contributed by atoms with Crippen LogP contribution in [0.5, 0.6) is 0 Å². The van der Waals surface area contributed by atoms with Crippen molar-refractivity contribution in [2.75, 3.05) is 5.32 Å². The zero-order valence-electron chi connectivity index (χ0n) is 10.2. The zero-order valence-corrected chi connectivity index (χ0v) is 11.8. The Morgan fingerprint density at radius 2 is 2.14 bits per heavy atom. The lowest BCUT2D eigenvalue weighted by atomic mass is 10.2. The number of aromatic nitrogens is 1. The van der Waals surface area contributed by atoms with Crippen molar-refractivity contribution >= 4 is 39.1 Å². The molecule has 2 aromatic rings. The maximum absolute atomic E-state index is 13.4. The smallest absolute Gasteiger partial charge is 0.342 e. The van der Waals surface area contributed by atoms with E-state index in [0.29, 0.717) is 5.69 Å². The molecule has 0 amide bonds. The first kappa shape index (κ1) is 14.9. The van der Waals surface area contributed by atoms with Crippen LogP contribution in [0, 0.1) is 15.9 Å². The molecular formula is C12H7BrFN3O4. The fourth-order valence-corrected chi connectivity index (χ4v) is 1.80. The Bertz CT molecular complexity index is 738. The molecule has 9 heteroatoms. The molecule has 2 rings (SSSR count). The molecule has 1 aromatic carbocycles. The first-order valence-corrected chi connectivity index (χ1v) is 6.27. The van der Waals surface area contributed by atoms with E-state index in [0.717, 1.165) is 12.3 Å². The molecule has 0 atom stereocenters. The first-order chi connectivity index (χ1) is 9.88. The molecule has 0 fully saturated rings. The Balaban J connectivity index is 2.36. The molecule has 0 aliphatic carbocycles. The molecule has 0 unspecified atom stereocenters. The predicted octanol–water partition coefficient (Wildman–Crippen LogP) is 3.33. The van der Waals surface area contributed by atoms with Crippen LogP contribution in [0.15, 0.2) is 34.9 Å². The monoisotopic (exact) mass is 355 g/mol. The number of carbonyl (C=O) groups is 1. The highest BCUT2D eigenvalue weighted by Crippen LogP contribution is 2.24. The van der Waals surface area contributed by atoms with Crippen molar-refractivity contribution in [3.05, 3.63) is 56.4 Å².